The third-order valence-corrected chi connectivity index (χ3v) is 4.18. The number of likely N-dealkylation sites (tertiary alicyclic amines) is 1. The molecule has 0 aromatic rings. The van der Waals surface area contributed by atoms with Gasteiger partial charge in [0.15, 0.2) is 0 Å². The van der Waals surface area contributed by atoms with Gasteiger partial charge in [-0.3, -0.25) is 4.90 Å². The van der Waals surface area contributed by atoms with Gasteiger partial charge in [-0.25, -0.2) is 0 Å². The maximum absolute atomic E-state index is 3.48. The van der Waals surface area contributed by atoms with E-state index in [9.17, 15) is 0 Å². The second-order valence-corrected chi connectivity index (χ2v) is 5.97. The van der Waals surface area contributed by atoms with Crippen molar-refractivity contribution in [2.45, 2.75) is 45.2 Å². The van der Waals surface area contributed by atoms with Crippen molar-refractivity contribution in [2.75, 3.05) is 20.1 Å². The van der Waals surface area contributed by atoms with Gasteiger partial charge in [0.05, 0.1) is 0 Å². The molecule has 0 bridgehead atoms. The summed E-state index contributed by atoms with van der Waals surface area (Å²) in [5.74, 6) is 1.88. The maximum Gasteiger partial charge on any atom is 0.0125 e. The summed E-state index contributed by atoms with van der Waals surface area (Å²) >= 11 is 0. The number of fused-ring (bicyclic) bond motifs is 1. The number of hydrogen-bond acceptors (Lipinski definition) is 2. The lowest BCUT2D eigenvalue weighted by Crippen LogP contribution is -2.41. The minimum absolute atomic E-state index is 0.364. The first-order chi connectivity index (χ1) is 6.52. The molecule has 1 aliphatic carbocycles. The number of nitrogens with one attached hydrogen (secondary N) is 1. The Morgan fingerprint density at radius 3 is 2.43 bits per heavy atom. The molecule has 3 atom stereocenters. The first-order valence-electron chi connectivity index (χ1n) is 5.94. The summed E-state index contributed by atoms with van der Waals surface area (Å²) in [6.07, 6.45) is 2.83. The summed E-state index contributed by atoms with van der Waals surface area (Å²) in [4.78, 5) is 2.66. The second-order valence-electron chi connectivity index (χ2n) is 5.97. The minimum Gasteiger partial charge on any atom is -0.317 e. The molecular formula is C12H24N2. The molecule has 2 heteroatoms. The van der Waals surface area contributed by atoms with Gasteiger partial charge < -0.3 is 5.32 Å². The lowest BCUT2D eigenvalue weighted by Gasteiger charge is -2.33. The number of nitrogens with zero attached hydrogens (tertiary/aromatic N) is 1. The molecule has 1 N–H and O–H groups in total. The molecule has 0 radical (unpaired) electrons. The summed E-state index contributed by atoms with van der Waals surface area (Å²) in [5.41, 5.74) is 0.364. The van der Waals surface area contributed by atoms with Crippen LogP contribution in [0, 0.1) is 11.8 Å². The van der Waals surface area contributed by atoms with Crippen LogP contribution in [0.1, 0.15) is 33.6 Å². The van der Waals surface area contributed by atoms with Gasteiger partial charge in [-0.1, -0.05) is 0 Å². The van der Waals surface area contributed by atoms with Gasteiger partial charge in [0.1, 0.15) is 0 Å². The van der Waals surface area contributed by atoms with E-state index >= 15 is 0 Å². The Hall–Kier alpha value is -0.0800. The monoisotopic (exact) mass is 196 g/mol. The van der Waals surface area contributed by atoms with Gasteiger partial charge >= 0.3 is 0 Å². The maximum atomic E-state index is 3.48. The van der Waals surface area contributed by atoms with Gasteiger partial charge in [0, 0.05) is 24.7 Å². The molecule has 1 heterocycles. The van der Waals surface area contributed by atoms with E-state index in [4.69, 9.17) is 0 Å². The van der Waals surface area contributed by atoms with E-state index in [0.717, 1.165) is 17.9 Å². The molecular weight excluding hydrogens is 172 g/mol. The summed E-state index contributed by atoms with van der Waals surface area (Å²) in [6.45, 7) is 9.64. The number of hydrogen-bond donors (Lipinski definition) is 1. The highest BCUT2D eigenvalue weighted by molar-refractivity contribution is 4.99. The smallest absolute Gasteiger partial charge is 0.0125 e. The van der Waals surface area contributed by atoms with Crippen LogP contribution in [0.5, 0.6) is 0 Å². The number of rotatable bonds is 1. The van der Waals surface area contributed by atoms with Crippen LogP contribution in [0.3, 0.4) is 0 Å². The van der Waals surface area contributed by atoms with Crippen LogP contribution in [0.4, 0.5) is 0 Å². The van der Waals surface area contributed by atoms with E-state index in [1.54, 1.807) is 0 Å². The van der Waals surface area contributed by atoms with E-state index < -0.39 is 0 Å². The minimum atomic E-state index is 0.364. The van der Waals surface area contributed by atoms with Crippen molar-refractivity contribution >= 4 is 0 Å². The Labute approximate surface area is 88.1 Å². The molecule has 2 nitrogen and oxygen atoms in total. The van der Waals surface area contributed by atoms with E-state index in [1.807, 2.05) is 0 Å². The predicted molar refractivity (Wildman–Crippen MR) is 60.4 cm³/mol. The highest BCUT2D eigenvalue weighted by Crippen LogP contribution is 2.40. The fraction of sp³-hybridized carbons (Fsp3) is 1.00. The lowest BCUT2D eigenvalue weighted by atomic mass is 9.98. The first-order valence-corrected chi connectivity index (χ1v) is 5.94. The molecule has 2 aliphatic rings. The van der Waals surface area contributed by atoms with Crippen molar-refractivity contribution in [3.63, 3.8) is 0 Å². The van der Waals surface area contributed by atoms with E-state index in [1.165, 1.54) is 25.9 Å². The van der Waals surface area contributed by atoms with Crippen molar-refractivity contribution < 1.29 is 0 Å². The van der Waals surface area contributed by atoms with E-state index in [0.29, 0.717) is 5.54 Å². The zero-order chi connectivity index (χ0) is 10.3. The van der Waals surface area contributed by atoms with Crippen molar-refractivity contribution in [2.24, 2.45) is 11.8 Å². The lowest BCUT2D eigenvalue weighted by molar-refractivity contribution is 0.158. The van der Waals surface area contributed by atoms with Gasteiger partial charge in [0.25, 0.3) is 0 Å². The SMILES string of the molecule is CN[C@@H]1CC[C@H]2CN(C(C)(C)C)C[C@H]21. The van der Waals surface area contributed by atoms with E-state index in [2.05, 4.69) is 38.0 Å². The first kappa shape index (κ1) is 10.4. The molecule has 2 fully saturated rings. The summed E-state index contributed by atoms with van der Waals surface area (Å²) in [7, 11) is 2.12. The van der Waals surface area contributed by atoms with Crippen LogP contribution >= 0.6 is 0 Å². The molecule has 2 rings (SSSR count). The molecule has 0 aromatic carbocycles. The van der Waals surface area contributed by atoms with E-state index in [-0.39, 0.29) is 0 Å². The highest BCUT2D eigenvalue weighted by atomic mass is 15.2. The zero-order valence-electron chi connectivity index (χ0n) is 10.0. The van der Waals surface area contributed by atoms with Crippen molar-refractivity contribution in [3.05, 3.63) is 0 Å². The Morgan fingerprint density at radius 2 is 1.86 bits per heavy atom. The average Bonchev–Trinajstić information content (AvgIpc) is 2.58. The fourth-order valence-corrected chi connectivity index (χ4v) is 3.17. The molecule has 82 valence electrons. The molecule has 1 saturated carbocycles. The average molecular weight is 196 g/mol. The Balaban J connectivity index is 2.01. The molecule has 14 heavy (non-hydrogen) atoms. The van der Waals surface area contributed by atoms with Crippen LogP contribution in [0.2, 0.25) is 0 Å². The fourth-order valence-electron chi connectivity index (χ4n) is 3.17. The van der Waals surface area contributed by atoms with Crippen LogP contribution in [0.15, 0.2) is 0 Å². The van der Waals surface area contributed by atoms with Crippen LogP contribution in [-0.2, 0) is 0 Å². The third-order valence-electron chi connectivity index (χ3n) is 4.18. The molecule has 1 saturated heterocycles. The molecule has 0 unspecified atom stereocenters. The van der Waals surface area contributed by atoms with Crippen molar-refractivity contribution in [1.29, 1.82) is 0 Å². The Kier molecular flexibility index (Phi) is 2.61. The van der Waals surface area contributed by atoms with Gasteiger partial charge in [0.2, 0.25) is 0 Å². The normalized spacial score (nSPS) is 39.0. The van der Waals surface area contributed by atoms with Crippen molar-refractivity contribution in [3.8, 4) is 0 Å². The quantitative estimate of drug-likeness (QED) is 0.687. The van der Waals surface area contributed by atoms with Crippen LogP contribution in [-0.4, -0.2) is 36.6 Å². The molecule has 1 aliphatic heterocycles. The summed E-state index contributed by atoms with van der Waals surface area (Å²) < 4.78 is 0. The Bertz CT molecular complexity index is 207. The summed E-state index contributed by atoms with van der Waals surface area (Å²) in [6, 6.07) is 0.785. The molecule has 0 aromatic heterocycles. The van der Waals surface area contributed by atoms with Crippen LogP contribution in [0.25, 0.3) is 0 Å². The zero-order valence-corrected chi connectivity index (χ0v) is 10.0. The molecule has 0 amide bonds. The van der Waals surface area contributed by atoms with Gasteiger partial charge in [-0.15, -0.1) is 0 Å². The largest absolute Gasteiger partial charge is 0.317 e. The Morgan fingerprint density at radius 1 is 1.14 bits per heavy atom. The second kappa shape index (κ2) is 3.49. The van der Waals surface area contributed by atoms with Crippen LogP contribution < -0.4 is 5.32 Å². The van der Waals surface area contributed by atoms with Crippen molar-refractivity contribution in [1.82, 2.24) is 10.2 Å². The van der Waals surface area contributed by atoms with Gasteiger partial charge in [-0.2, -0.15) is 0 Å². The molecule has 0 spiro atoms. The topological polar surface area (TPSA) is 15.3 Å². The van der Waals surface area contributed by atoms with Gasteiger partial charge in [-0.05, 0) is 52.5 Å². The summed E-state index contributed by atoms with van der Waals surface area (Å²) in [5, 5.41) is 3.48. The third kappa shape index (κ3) is 1.70. The standard InChI is InChI=1S/C12H24N2/c1-12(2,3)14-7-9-5-6-11(13-4)10(9)8-14/h9-11,13H,5-8H2,1-4H3/t9-,10+,11+/m0/s1. The highest BCUT2D eigenvalue weighted by Gasteiger charge is 2.44. The predicted octanol–water partition coefficient (Wildman–Crippen LogP) is 1.71.